The summed E-state index contributed by atoms with van der Waals surface area (Å²) in [5.41, 5.74) is 1.89. The molecular weight excluding hydrogens is 269 g/mol. The molecule has 2 aromatic carbocycles. The molecule has 21 heavy (non-hydrogen) atoms. The average Bonchev–Trinajstić information content (AvgIpc) is 2.54. The summed E-state index contributed by atoms with van der Waals surface area (Å²) in [5.74, 6) is 0.703. The van der Waals surface area contributed by atoms with Crippen molar-refractivity contribution in [3.05, 3.63) is 53.8 Å². The van der Waals surface area contributed by atoms with Gasteiger partial charge in [-0.3, -0.25) is 0 Å². The predicted octanol–water partition coefficient (Wildman–Crippen LogP) is 4.41. The van der Waals surface area contributed by atoms with Gasteiger partial charge in [-0.1, -0.05) is 25.1 Å². The van der Waals surface area contributed by atoms with E-state index in [1.165, 1.54) is 13.2 Å². The molecule has 0 fully saturated rings. The Morgan fingerprint density at radius 1 is 1.05 bits per heavy atom. The number of para-hydroxylation sites is 1. The number of benzene rings is 2. The van der Waals surface area contributed by atoms with Crippen molar-refractivity contribution in [2.75, 3.05) is 19.5 Å². The van der Waals surface area contributed by atoms with Gasteiger partial charge in [0.25, 0.3) is 0 Å². The Morgan fingerprint density at radius 2 is 1.76 bits per heavy atom. The molecule has 0 heterocycles. The number of ether oxygens (including phenoxy) is 2. The second-order valence-corrected chi connectivity index (χ2v) is 4.70. The Kier molecular flexibility index (Phi) is 5.04. The summed E-state index contributed by atoms with van der Waals surface area (Å²) in [6.45, 7) is 2.09. The molecule has 3 nitrogen and oxygen atoms in total. The maximum absolute atomic E-state index is 13.5. The Bertz CT molecular complexity index is 601. The average molecular weight is 289 g/mol. The lowest BCUT2D eigenvalue weighted by Crippen LogP contribution is -2.11. The van der Waals surface area contributed by atoms with Crippen molar-refractivity contribution in [3.8, 4) is 11.5 Å². The lowest BCUT2D eigenvalue weighted by molar-refractivity contribution is 0.386. The third kappa shape index (κ3) is 3.45. The number of hydrogen-bond donors (Lipinski definition) is 1. The monoisotopic (exact) mass is 289 g/mol. The van der Waals surface area contributed by atoms with Crippen LogP contribution in [0, 0.1) is 5.82 Å². The van der Waals surface area contributed by atoms with Crippen molar-refractivity contribution in [2.45, 2.75) is 19.4 Å². The lowest BCUT2D eigenvalue weighted by atomic mass is 10.0. The predicted molar refractivity (Wildman–Crippen MR) is 82.6 cm³/mol. The minimum Gasteiger partial charge on any atom is -0.496 e. The number of methoxy groups -OCH3 is 2. The number of rotatable bonds is 6. The molecule has 112 valence electrons. The van der Waals surface area contributed by atoms with E-state index in [1.54, 1.807) is 19.2 Å². The summed E-state index contributed by atoms with van der Waals surface area (Å²) in [4.78, 5) is 0. The molecule has 1 N–H and O–H groups in total. The third-order valence-electron chi connectivity index (χ3n) is 3.41. The van der Waals surface area contributed by atoms with Gasteiger partial charge in [0.05, 0.1) is 20.3 Å². The molecule has 4 heteroatoms. The summed E-state index contributed by atoms with van der Waals surface area (Å²) in [7, 11) is 3.12. The van der Waals surface area contributed by atoms with E-state index >= 15 is 0 Å². The fourth-order valence-electron chi connectivity index (χ4n) is 2.30. The van der Waals surface area contributed by atoms with Gasteiger partial charge >= 0.3 is 0 Å². The first-order chi connectivity index (χ1) is 10.2. The van der Waals surface area contributed by atoms with Crippen LogP contribution in [0.1, 0.15) is 24.9 Å². The van der Waals surface area contributed by atoms with E-state index in [0.29, 0.717) is 0 Å². The van der Waals surface area contributed by atoms with Crippen molar-refractivity contribution >= 4 is 5.69 Å². The highest BCUT2D eigenvalue weighted by Crippen LogP contribution is 2.31. The van der Waals surface area contributed by atoms with E-state index in [4.69, 9.17) is 9.47 Å². The summed E-state index contributed by atoms with van der Waals surface area (Å²) in [5, 5.41) is 3.39. The highest BCUT2D eigenvalue weighted by atomic mass is 19.1. The quantitative estimate of drug-likeness (QED) is 0.854. The molecule has 0 aliphatic carbocycles. The fraction of sp³-hybridized carbons (Fsp3) is 0.294. The lowest BCUT2D eigenvalue weighted by Gasteiger charge is -2.21. The SMILES string of the molecule is CCC(Nc1ccc(F)c(OC)c1)c1ccccc1OC. The molecule has 0 radical (unpaired) electrons. The summed E-state index contributed by atoms with van der Waals surface area (Å²) >= 11 is 0. The van der Waals surface area contributed by atoms with Crippen molar-refractivity contribution in [3.63, 3.8) is 0 Å². The van der Waals surface area contributed by atoms with Gasteiger partial charge in [-0.05, 0) is 24.6 Å². The van der Waals surface area contributed by atoms with E-state index < -0.39 is 0 Å². The first-order valence-electron chi connectivity index (χ1n) is 6.92. The summed E-state index contributed by atoms with van der Waals surface area (Å²) in [6.07, 6.45) is 0.875. The molecule has 0 spiro atoms. The maximum Gasteiger partial charge on any atom is 0.165 e. The molecule has 0 aliphatic heterocycles. The Hall–Kier alpha value is -2.23. The normalized spacial score (nSPS) is 11.8. The molecule has 0 aliphatic rings. The van der Waals surface area contributed by atoms with Crippen LogP contribution in [0.3, 0.4) is 0 Å². The van der Waals surface area contributed by atoms with Gasteiger partial charge in [-0.2, -0.15) is 0 Å². The fourth-order valence-corrected chi connectivity index (χ4v) is 2.30. The van der Waals surface area contributed by atoms with Crippen molar-refractivity contribution in [1.82, 2.24) is 0 Å². The van der Waals surface area contributed by atoms with Crippen LogP contribution < -0.4 is 14.8 Å². The molecule has 2 aromatic rings. The van der Waals surface area contributed by atoms with Crippen LogP contribution >= 0.6 is 0 Å². The molecule has 0 saturated heterocycles. The van der Waals surface area contributed by atoms with E-state index in [1.807, 2.05) is 24.3 Å². The second kappa shape index (κ2) is 6.97. The largest absolute Gasteiger partial charge is 0.496 e. The van der Waals surface area contributed by atoms with Gasteiger partial charge in [0.1, 0.15) is 5.75 Å². The standard InChI is InChI=1S/C17H20FNO2/c1-4-15(13-7-5-6-8-16(13)20-2)19-12-9-10-14(18)17(11-12)21-3/h5-11,15,19H,4H2,1-3H3. The zero-order chi connectivity index (χ0) is 15.2. The molecule has 0 saturated carbocycles. The van der Waals surface area contributed by atoms with Crippen LogP contribution in [0.2, 0.25) is 0 Å². The Morgan fingerprint density at radius 3 is 2.43 bits per heavy atom. The minimum atomic E-state index is -0.367. The van der Waals surface area contributed by atoms with Crippen LogP contribution in [-0.4, -0.2) is 14.2 Å². The van der Waals surface area contributed by atoms with Gasteiger partial charge in [0.2, 0.25) is 0 Å². The van der Waals surface area contributed by atoms with Gasteiger partial charge in [-0.25, -0.2) is 4.39 Å². The zero-order valence-electron chi connectivity index (χ0n) is 12.5. The molecule has 1 atom stereocenters. The van der Waals surface area contributed by atoms with E-state index in [-0.39, 0.29) is 17.6 Å². The number of anilines is 1. The van der Waals surface area contributed by atoms with E-state index in [2.05, 4.69) is 12.2 Å². The number of nitrogens with one attached hydrogen (secondary N) is 1. The molecular formula is C17H20FNO2. The van der Waals surface area contributed by atoms with E-state index in [9.17, 15) is 4.39 Å². The van der Waals surface area contributed by atoms with Gasteiger partial charge < -0.3 is 14.8 Å². The first-order valence-corrected chi connectivity index (χ1v) is 6.92. The third-order valence-corrected chi connectivity index (χ3v) is 3.41. The Balaban J connectivity index is 2.27. The van der Waals surface area contributed by atoms with E-state index in [0.717, 1.165) is 23.4 Å². The van der Waals surface area contributed by atoms with Crippen molar-refractivity contribution in [1.29, 1.82) is 0 Å². The molecule has 0 amide bonds. The van der Waals surface area contributed by atoms with Crippen molar-refractivity contribution in [2.24, 2.45) is 0 Å². The smallest absolute Gasteiger partial charge is 0.165 e. The molecule has 0 bridgehead atoms. The summed E-state index contributed by atoms with van der Waals surface area (Å²) < 4.78 is 23.9. The van der Waals surface area contributed by atoms with Crippen LogP contribution in [0.25, 0.3) is 0 Å². The molecule has 1 unspecified atom stereocenters. The number of halogens is 1. The van der Waals surface area contributed by atoms with Crippen LogP contribution in [0.15, 0.2) is 42.5 Å². The first kappa shape index (κ1) is 15.2. The van der Waals surface area contributed by atoms with Gasteiger partial charge in [0, 0.05) is 17.3 Å². The van der Waals surface area contributed by atoms with Crippen LogP contribution in [-0.2, 0) is 0 Å². The van der Waals surface area contributed by atoms with Gasteiger partial charge in [0.15, 0.2) is 11.6 Å². The minimum absolute atomic E-state index is 0.0799. The van der Waals surface area contributed by atoms with Crippen LogP contribution in [0.4, 0.5) is 10.1 Å². The van der Waals surface area contributed by atoms with Crippen molar-refractivity contribution < 1.29 is 13.9 Å². The summed E-state index contributed by atoms with van der Waals surface area (Å²) in [6, 6.07) is 12.7. The maximum atomic E-state index is 13.5. The topological polar surface area (TPSA) is 30.5 Å². The van der Waals surface area contributed by atoms with Gasteiger partial charge in [-0.15, -0.1) is 0 Å². The molecule has 0 aromatic heterocycles. The highest BCUT2D eigenvalue weighted by molar-refractivity contribution is 5.51. The highest BCUT2D eigenvalue weighted by Gasteiger charge is 2.14. The second-order valence-electron chi connectivity index (χ2n) is 4.70. The molecule has 2 rings (SSSR count). The number of hydrogen-bond acceptors (Lipinski definition) is 3. The van der Waals surface area contributed by atoms with Crippen LogP contribution in [0.5, 0.6) is 11.5 Å². The zero-order valence-corrected chi connectivity index (χ0v) is 12.5. The Labute approximate surface area is 124 Å².